The van der Waals surface area contributed by atoms with E-state index in [2.05, 4.69) is 4.90 Å². The average molecular weight is 301 g/mol. The van der Waals surface area contributed by atoms with Crippen LogP contribution in [0.4, 0.5) is 4.39 Å². The molecule has 0 amide bonds. The zero-order valence-electron chi connectivity index (χ0n) is 11.7. The summed E-state index contributed by atoms with van der Waals surface area (Å²) >= 11 is 5.91. The summed E-state index contributed by atoms with van der Waals surface area (Å²) in [5.41, 5.74) is 6.11. The largest absolute Gasteiger partial charge is 0.378 e. The summed E-state index contributed by atoms with van der Waals surface area (Å²) in [5.74, 6) is -0.185. The normalized spacial score (nSPS) is 17.6. The Labute approximate surface area is 124 Å². The van der Waals surface area contributed by atoms with Crippen molar-refractivity contribution in [3.05, 3.63) is 34.6 Å². The molecule has 0 atom stereocenters. The van der Waals surface area contributed by atoms with Crippen LogP contribution in [-0.4, -0.2) is 37.2 Å². The van der Waals surface area contributed by atoms with E-state index in [4.69, 9.17) is 22.1 Å². The van der Waals surface area contributed by atoms with Crippen LogP contribution in [0.25, 0.3) is 0 Å². The van der Waals surface area contributed by atoms with Crippen LogP contribution in [0.5, 0.6) is 0 Å². The smallest absolute Gasteiger partial charge is 0.127 e. The van der Waals surface area contributed by atoms with Crippen molar-refractivity contribution >= 4 is 11.6 Å². The minimum Gasteiger partial charge on any atom is -0.378 e. The summed E-state index contributed by atoms with van der Waals surface area (Å²) in [6, 6.07) is 4.72. The zero-order chi connectivity index (χ0) is 14.4. The van der Waals surface area contributed by atoms with Gasteiger partial charge in [0.25, 0.3) is 0 Å². The predicted octanol–water partition coefficient (Wildman–Crippen LogP) is 2.81. The first-order chi connectivity index (χ1) is 9.69. The van der Waals surface area contributed by atoms with Crippen molar-refractivity contribution in [3.8, 4) is 0 Å². The molecule has 2 N–H and O–H groups in total. The van der Waals surface area contributed by atoms with Gasteiger partial charge in [0, 0.05) is 36.8 Å². The maximum atomic E-state index is 13.7. The molecule has 20 heavy (non-hydrogen) atoms. The number of hydrogen-bond acceptors (Lipinski definition) is 3. The van der Waals surface area contributed by atoms with E-state index >= 15 is 0 Å². The van der Waals surface area contributed by atoms with Crippen LogP contribution >= 0.6 is 11.6 Å². The Balaban J connectivity index is 1.78. The van der Waals surface area contributed by atoms with Crippen molar-refractivity contribution in [2.75, 3.05) is 26.2 Å². The quantitative estimate of drug-likeness (QED) is 0.821. The monoisotopic (exact) mass is 300 g/mol. The highest BCUT2D eigenvalue weighted by atomic mass is 35.5. The number of rotatable bonds is 6. The summed E-state index contributed by atoms with van der Waals surface area (Å²) in [5, 5.41) is 0.585. The maximum Gasteiger partial charge on any atom is 0.127 e. The topological polar surface area (TPSA) is 38.5 Å². The highest BCUT2D eigenvalue weighted by molar-refractivity contribution is 6.30. The lowest BCUT2D eigenvalue weighted by atomic mass is 10.1. The van der Waals surface area contributed by atoms with E-state index in [9.17, 15) is 4.39 Å². The van der Waals surface area contributed by atoms with Crippen molar-refractivity contribution in [2.45, 2.75) is 31.9 Å². The van der Waals surface area contributed by atoms with Gasteiger partial charge in [-0.3, -0.25) is 4.90 Å². The van der Waals surface area contributed by atoms with Crippen molar-refractivity contribution in [3.63, 3.8) is 0 Å². The third-order valence-electron chi connectivity index (χ3n) is 3.64. The second kappa shape index (κ2) is 7.93. The molecular weight excluding hydrogens is 279 g/mol. The number of piperidine rings is 1. The van der Waals surface area contributed by atoms with Crippen LogP contribution in [0.3, 0.4) is 0 Å². The Kier molecular flexibility index (Phi) is 6.23. The van der Waals surface area contributed by atoms with Gasteiger partial charge in [-0.15, -0.1) is 0 Å². The van der Waals surface area contributed by atoms with E-state index in [0.29, 0.717) is 29.8 Å². The molecule has 1 aliphatic heterocycles. The standard InChI is InChI=1S/C15H22ClFN2O/c16-13-2-3-15(17)12(10-13)11-19-7-4-14(5-8-19)20-9-1-6-18/h2-3,10,14H,1,4-9,11,18H2. The number of likely N-dealkylation sites (tertiary alicyclic amines) is 1. The van der Waals surface area contributed by atoms with Gasteiger partial charge >= 0.3 is 0 Å². The molecule has 0 saturated carbocycles. The minimum absolute atomic E-state index is 0.185. The fraction of sp³-hybridized carbons (Fsp3) is 0.600. The molecule has 1 saturated heterocycles. The lowest BCUT2D eigenvalue weighted by Crippen LogP contribution is -2.37. The fourth-order valence-electron chi connectivity index (χ4n) is 2.47. The van der Waals surface area contributed by atoms with Gasteiger partial charge in [0.05, 0.1) is 6.10 Å². The molecule has 0 aromatic heterocycles. The Morgan fingerprint density at radius 1 is 1.35 bits per heavy atom. The van der Waals surface area contributed by atoms with Gasteiger partial charge in [-0.25, -0.2) is 4.39 Å². The van der Waals surface area contributed by atoms with E-state index in [-0.39, 0.29) is 5.82 Å². The van der Waals surface area contributed by atoms with E-state index in [1.807, 2.05) is 0 Å². The van der Waals surface area contributed by atoms with Crippen LogP contribution < -0.4 is 5.73 Å². The predicted molar refractivity (Wildman–Crippen MR) is 79.3 cm³/mol. The molecule has 0 unspecified atom stereocenters. The summed E-state index contributed by atoms with van der Waals surface area (Å²) < 4.78 is 19.4. The van der Waals surface area contributed by atoms with Gasteiger partial charge in [-0.05, 0) is 44.0 Å². The fourth-order valence-corrected chi connectivity index (χ4v) is 2.67. The van der Waals surface area contributed by atoms with Gasteiger partial charge in [0.15, 0.2) is 0 Å². The molecule has 1 aromatic rings. The molecule has 1 aromatic carbocycles. The molecule has 0 spiro atoms. The molecule has 0 radical (unpaired) electrons. The molecule has 3 nitrogen and oxygen atoms in total. The third-order valence-corrected chi connectivity index (χ3v) is 3.87. The van der Waals surface area contributed by atoms with Crippen LogP contribution in [0.1, 0.15) is 24.8 Å². The number of benzene rings is 1. The van der Waals surface area contributed by atoms with E-state index < -0.39 is 0 Å². The summed E-state index contributed by atoms with van der Waals surface area (Å²) in [6.45, 7) is 3.89. The van der Waals surface area contributed by atoms with Gasteiger partial charge in [-0.2, -0.15) is 0 Å². The van der Waals surface area contributed by atoms with E-state index in [1.54, 1.807) is 12.1 Å². The van der Waals surface area contributed by atoms with Gasteiger partial charge in [-0.1, -0.05) is 11.6 Å². The Bertz CT molecular complexity index is 422. The lowest BCUT2D eigenvalue weighted by molar-refractivity contribution is 0.00546. The first kappa shape index (κ1) is 15.7. The summed E-state index contributed by atoms with van der Waals surface area (Å²) in [4.78, 5) is 2.25. The summed E-state index contributed by atoms with van der Waals surface area (Å²) in [6.07, 6.45) is 3.22. The number of ether oxygens (including phenoxy) is 1. The number of nitrogens with zero attached hydrogens (tertiary/aromatic N) is 1. The number of nitrogens with two attached hydrogens (primary N) is 1. The van der Waals surface area contributed by atoms with E-state index in [0.717, 1.165) is 39.0 Å². The van der Waals surface area contributed by atoms with Crippen molar-refractivity contribution in [1.82, 2.24) is 4.90 Å². The molecular formula is C15H22ClFN2O. The molecule has 2 rings (SSSR count). The van der Waals surface area contributed by atoms with Crippen LogP contribution in [0.15, 0.2) is 18.2 Å². The SMILES string of the molecule is NCCCOC1CCN(Cc2cc(Cl)ccc2F)CC1. The first-order valence-corrected chi connectivity index (χ1v) is 7.55. The minimum atomic E-state index is -0.185. The van der Waals surface area contributed by atoms with E-state index in [1.165, 1.54) is 6.07 Å². The molecule has 1 heterocycles. The van der Waals surface area contributed by atoms with Gasteiger partial charge in [0.1, 0.15) is 5.82 Å². The van der Waals surface area contributed by atoms with Crippen LogP contribution in [-0.2, 0) is 11.3 Å². The Hall–Kier alpha value is -0.680. The Morgan fingerprint density at radius 3 is 2.80 bits per heavy atom. The van der Waals surface area contributed by atoms with Gasteiger partial charge < -0.3 is 10.5 Å². The molecule has 5 heteroatoms. The molecule has 1 aliphatic rings. The highest BCUT2D eigenvalue weighted by Gasteiger charge is 2.20. The third kappa shape index (κ3) is 4.70. The molecule has 112 valence electrons. The lowest BCUT2D eigenvalue weighted by Gasteiger charge is -2.32. The zero-order valence-corrected chi connectivity index (χ0v) is 12.4. The second-order valence-corrected chi connectivity index (χ2v) is 5.66. The van der Waals surface area contributed by atoms with Crippen molar-refractivity contribution < 1.29 is 9.13 Å². The second-order valence-electron chi connectivity index (χ2n) is 5.22. The van der Waals surface area contributed by atoms with Crippen LogP contribution in [0, 0.1) is 5.82 Å². The van der Waals surface area contributed by atoms with Gasteiger partial charge in [0.2, 0.25) is 0 Å². The van der Waals surface area contributed by atoms with Crippen LogP contribution in [0.2, 0.25) is 5.02 Å². The highest BCUT2D eigenvalue weighted by Crippen LogP contribution is 2.20. The maximum absolute atomic E-state index is 13.7. The van der Waals surface area contributed by atoms with Crippen molar-refractivity contribution in [1.29, 1.82) is 0 Å². The number of hydrogen-bond donors (Lipinski definition) is 1. The first-order valence-electron chi connectivity index (χ1n) is 7.17. The summed E-state index contributed by atoms with van der Waals surface area (Å²) in [7, 11) is 0. The number of halogens is 2. The molecule has 1 fully saturated rings. The molecule has 0 aliphatic carbocycles. The molecule has 0 bridgehead atoms. The van der Waals surface area contributed by atoms with Crippen molar-refractivity contribution in [2.24, 2.45) is 5.73 Å². The average Bonchev–Trinajstić information content (AvgIpc) is 2.45. The Morgan fingerprint density at radius 2 is 2.10 bits per heavy atom.